The second-order valence-electron chi connectivity index (χ2n) is 5.43. The highest BCUT2D eigenvalue weighted by atomic mass is 16.5. The van der Waals surface area contributed by atoms with Gasteiger partial charge in [-0.05, 0) is 12.5 Å². The van der Waals surface area contributed by atoms with Crippen LogP contribution in [0.4, 0.5) is 0 Å². The van der Waals surface area contributed by atoms with Crippen LogP contribution >= 0.6 is 0 Å². The zero-order valence-electron chi connectivity index (χ0n) is 13.0. The van der Waals surface area contributed by atoms with Crippen molar-refractivity contribution in [2.24, 2.45) is 0 Å². The number of aromatic amines is 1. The molecule has 1 fully saturated rings. The van der Waals surface area contributed by atoms with Crippen LogP contribution in [0.5, 0.6) is 6.01 Å². The van der Waals surface area contributed by atoms with Crippen molar-refractivity contribution in [3.05, 3.63) is 28.2 Å². The Hall–Kier alpha value is -2.52. The summed E-state index contributed by atoms with van der Waals surface area (Å²) in [4.78, 5) is 35.5. The van der Waals surface area contributed by atoms with E-state index in [0.29, 0.717) is 12.0 Å². The molecule has 3 heterocycles. The van der Waals surface area contributed by atoms with Gasteiger partial charge in [-0.25, -0.2) is 9.78 Å². The van der Waals surface area contributed by atoms with E-state index in [1.54, 1.807) is 0 Å². The second kappa shape index (κ2) is 7.37. The number of hydrogen-bond acceptors (Lipinski definition) is 7. The molecule has 0 aromatic carbocycles. The molecule has 3 rings (SSSR count). The molecule has 9 heteroatoms. The Morgan fingerprint density at radius 1 is 1.42 bits per heavy atom. The van der Waals surface area contributed by atoms with E-state index in [4.69, 9.17) is 14.6 Å². The zero-order chi connectivity index (χ0) is 16.9. The maximum atomic E-state index is 11.7. The molecule has 1 aliphatic heterocycles. The monoisotopic (exact) mass is 334 g/mol. The number of ether oxygens (including phenoxy) is 2. The van der Waals surface area contributed by atoms with Crippen molar-refractivity contribution >= 4 is 17.0 Å². The van der Waals surface area contributed by atoms with Crippen LogP contribution in [0.1, 0.15) is 16.8 Å². The summed E-state index contributed by atoms with van der Waals surface area (Å²) >= 11 is 0. The van der Waals surface area contributed by atoms with Crippen LogP contribution in [0.25, 0.3) is 11.0 Å². The predicted molar refractivity (Wildman–Crippen MR) is 84.5 cm³/mol. The SMILES string of the molecule is O=C(O)c1cc2cnc(OCCCN3CCOCC3)nc2[nH]c1=O. The number of carbonyl (C=O) groups is 1. The highest BCUT2D eigenvalue weighted by Gasteiger charge is 2.12. The van der Waals surface area contributed by atoms with Gasteiger partial charge >= 0.3 is 12.0 Å². The van der Waals surface area contributed by atoms with Gasteiger partial charge in [0.15, 0.2) is 0 Å². The molecule has 0 radical (unpaired) electrons. The van der Waals surface area contributed by atoms with Gasteiger partial charge in [-0.3, -0.25) is 9.69 Å². The summed E-state index contributed by atoms with van der Waals surface area (Å²) in [6, 6.07) is 1.40. The Morgan fingerprint density at radius 3 is 2.96 bits per heavy atom. The third-order valence-corrected chi connectivity index (χ3v) is 3.76. The minimum atomic E-state index is -1.29. The molecule has 0 spiro atoms. The molecule has 9 nitrogen and oxygen atoms in total. The van der Waals surface area contributed by atoms with E-state index < -0.39 is 11.5 Å². The number of rotatable bonds is 6. The summed E-state index contributed by atoms with van der Waals surface area (Å²) in [5.74, 6) is -1.29. The molecule has 0 bridgehead atoms. The van der Waals surface area contributed by atoms with Crippen LogP contribution in [0.2, 0.25) is 0 Å². The maximum Gasteiger partial charge on any atom is 0.341 e. The van der Waals surface area contributed by atoms with Crippen molar-refractivity contribution in [2.75, 3.05) is 39.5 Å². The van der Waals surface area contributed by atoms with Crippen LogP contribution in [0.15, 0.2) is 17.1 Å². The van der Waals surface area contributed by atoms with Gasteiger partial charge in [0.25, 0.3) is 5.56 Å². The van der Waals surface area contributed by atoms with E-state index in [0.717, 1.165) is 39.3 Å². The number of H-pyrrole nitrogens is 1. The second-order valence-corrected chi connectivity index (χ2v) is 5.43. The molecule has 2 aromatic rings. The fourth-order valence-corrected chi connectivity index (χ4v) is 2.48. The minimum absolute atomic E-state index is 0.156. The highest BCUT2D eigenvalue weighted by Crippen LogP contribution is 2.11. The number of aromatic carboxylic acids is 1. The number of aromatic nitrogens is 3. The number of carboxylic acid groups (broad SMARTS) is 1. The van der Waals surface area contributed by atoms with Crippen molar-refractivity contribution in [1.29, 1.82) is 0 Å². The minimum Gasteiger partial charge on any atom is -0.477 e. The Kier molecular flexibility index (Phi) is 5.02. The Morgan fingerprint density at radius 2 is 2.21 bits per heavy atom. The van der Waals surface area contributed by atoms with Gasteiger partial charge in [0.05, 0.1) is 19.8 Å². The maximum absolute atomic E-state index is 11.7. The lowest BCUT2D eigenvalue weighted by molar-refractivity contribution is 0.0356. The fourth-order valence-electron chi connectivity index (χ4n) is 2.48. The van der Waals surface area contributed by atoms with Crippen molar-refractivity contribution < 1.29 is 19.4 Å². The summed E-state index contributed by atoms with van der Waals surface area (Å²) < 4.78 is 10.8. The summed E-state index contributed by atoms with van der Waals surface area (Å²) in [6.45, 7) is 4.76. The lowest BCUT2D eigenvalue weighted by Gasteiger charge is -2.26. The first-order valence-electron chi connectivity index (χ1n) is 7.70. The Labute approximate surface area is 137 Å². The van der Waals surface area contributed by atoms with Crippen LogP contribution in [0, 0.1) is 0 Å². The molecule has 0 atom stereocenters. The molecule has 0 saturated carbocycles. The number of carboxylic acids is 1. The normalized spacial score (nSPS) is 15.5. The smallest absolute Gasteiger partial charge is 0.341 e. The highest BCUT2D eigenvalue weighted by molar-refractivity contribution is 5.91. The Bertz CT molecular complexity index is 785. The van der Waals surface area contributed by atoms with Gasteiger partial charge in [0, 0.05) is 31.2 Å². The number of pyridine rings is 1. The lowest BCUT2D eigenvalue weighted by Crippen LogP contribution is -2.37. The first-order valence-corrected chi connectivity index (χ1v) is 7.70. The molecule has 0 amide bonds. The van der Waals surface area contributed by atoms with Crippen molar-refractivity contribution in [3.63, 3.8) is 0 Å². The van der Waals surface area contributed by atoms with Crippen molar-refractivity contribution in [1.82, 2.24) is 19.9 Å². The molecular weight excluding hydrogens is 316 g/mol. The standard InChI is InChI=1S/C15H18N4O5/c20-13-11(14(21)22)8-10-9-16-15(18-12(10)17-13)24-5-1-2-19-3-6-23-7-4-19/h8-9H,1-7H2,(H,21,22)(H,16,17,18,20). The summed E-state index contributed by atoms with van der Waals surface area (Å²) in [5.41, 5.74) is -0.791. The van der Waals surface area contributed by atoms with Gasteiger partial charge in [0.2, 0.25) is 0 Å². The van der Waals surface area contributed by atoms with Crippen LogP contribution in [-0.4, -0.2) is 70.4 Å². The summed E-state index contributed by atoms with van der Waals surface area (Å²) in [6.07, 6.45) is 2.26. The van der Waals surface area contributed by atoms with E-state index in [1.165, 1.54) is 12.3 Å². The molecule has 1 aliphatic rings. The van der Waals surface area contributed by atoms with E-state index in [9.17, 15) is 9.59 Å². The number of nitrogens with zero attached hydrogens (tertiary/aromatic N) is 3. The predicted octanol–water partition coefficient (Wildman–Crippen LogP) is 0.117. The zero-order valence-corrected chi connectivity index (χ0v) is 13.0. The number of morpholine rings is 1. The molecule has 24 heavy (non-hydrogen) atoms. The van der Waals surface area contributed by atoms with Gasteiger partial charge in [-0.2, -0.15) is 4.98 Å². The summed E-state index contributed by atoms with van der Waals surface area (Å²) in [7, 11) is 0. The Balaban J connectivity index is 1.60. The molecule has 2 aromatic heterocycles. The molecule has 0 unspecified atom stereocenters. The first-order chi connectivity index (χ1) is 11.6. The van der Waals surface area contributed by atoms with Gasteiger partial charge < -0.3 is 19.6 Å². The third-order valence-electron chi connectivity index (χ3n) is 3.76. The quantitative estimate of drug-likeness (QED) is 0.715. The van der Waals surface area contributed by atoms with Crippen molar-refractivity contribution in [3.8, 4) is 6.01 Å². The molecular formula is C15H18N4O5. The number of nitrogens with one attached hydrogen (secondary N) is 1. The fraction of sp³-hybridized carbons (Fsp3) is 0.467. The molecule has 1 saturated heterocycles. The van der Waals surface area contributed by atoms with Crippen molar-refractivity contribution in [2.45, 2.75) is 6.42 Å². The van der Waals surface area contributed by atoms with Gasteiger partial charge in [0.1, 0.15) is 11.2 Å². The topological polar surface area (TPSA) is 118 Å². The first kappa shape index (κ1) is 16.3. The van der Waals surface area contributed by atoms with Crippen LogP contribution in [0.3, 0.4) is 0 Å². The van der Waals surface area contributed by atoms with Crippen LogP contribution < -0.4 is 10.3 Å². The van der Waals surface area contributed by atoms with Gasteiger partial charge in [-0.15, -0.1) is 0 Å². The molecule has 2 N–H and O–H groups in total. The van der Waals surface area contributed by atoms with Gasteiger partial charge in [-0.1, -0.05) is 0 Å². The number of fused-ring (bicyclic) bond motifs is 1. The average Bonchev–Trinajstić information content (AvgIpc) is 2.58. The van der Waals surface area contributed by atoms with E-state index in [2.05, 4.69) is 19.9 Å². The number of hydrogen-bond donors (Lipinski definition) is 2. The lowest BCUT2D eigenvalue weighted by atomic mass is 10.2. The van der Waals surface area contributed by atoms with Crippen LogP contribution in [-0.2, 0) is 4.74 Å². The molecule has 128 valence electrons. The molecule has 0 aliphatic carbocycles. The van der Waals surface area contributed by atoms with E-state index in [1.807, 2.05) is 0 Å². The average molecular weight is 334 g/mol. The largest absolute Gasteiger partial charge is 0.477 e. The van der Waals surface area contributed by atoms with E-state index >= 15 is 0 Å². The third kappa shape index (κ3) is 3.87. The van der Waals surface area contributed by atoms with E-state index in [-0.39, 0.29) is 17.2 Å². The summed E-state index contributed by atoms with van der Waals surface area (Å²) in [5, 5.41) is 9.37.